The van der Waals surface area contributed by atoms with Crippen molar-refractivity contribution >= 4 is 27.7 Å². The predicted octanol–water partition coefficient (Wildman–Crippen LogP) is 4.81. The van der Waals surface area contributed by atoms with Crippen LogP contribution in [0.5, 0.6) is 0 Å². The Balaban J connectivity index is 1.88. The standard InChI is InChI=1S/C20H22BrN3OS/c1-20(2,25)14-26-19-23-22-18(16-8-10-17(21)11-9-16)24(19)13-12-15-6-4-3-5-7-15/h3-11,25H,12-14H2,1-2H3. The Morgan fingerprint density at radius 3 is 2.38 bits per heavy atom. The third-order valence-electron chi connectivity index (χ3n) is 3.84. The summed E-state index contributed by atoms with van der Waals surface area (Å²) in [6.07, 6.45) is 0.901. The van der Waals surface area contributed by atoms with E-state index in [0.29, 0.717) is 5.75 Å². The monoisotopic (exact) mass is 431 g/mol. The molecular weight excluding hydrogens is 410 g/mol. The Hall–Kier alpha value is -1.63. The van der Waals surface area contributed by atoms with Crippen LogP contribution in [0.4, 0.5) is 0 Å². The van der Waals surface area contributed by atoms with Crippen molar-refractivity contribution in [1.82, 2.24) is 14.8 Å². The lowest BCUT2D eigenvalue weighted by Crippen LogP contribution is -2.22. The molecule has 3 aromatic rings. The van der Waals surface area contributed by atoms with Crippen molar-refractivity contribution < 1.29 is 5.11 Å². The maximum absolute atomic E-state index is 10.0. The van der Waals surface area contributed by atoms with Crippen molar-refractivity contribution in [2.75, 3.05) is 5.75 Å². The van der Waals surface area contributed by atoms with Gasteiger partial charge in [0.25, 0.3) is 0 Å². The van der Waals surface area contributed by atoms with Gasteiger partial charge >= 0.3 is 0 Å². The fourth-order valence-electron chi connectivity index (χ4n) is 2.54. The summed E-state index contributed by atoms with van der Waals surface area (Å²) in [4.78, 5) is 0. The first kappa shape index (κ1) is 19.1. The molecule has 4 nitrogen and oxygen atoms in total. The summed E-state index contributed by atoms with van der Waals surface area (Å²) < 4.78 is 3.18. The van der Waals surface area contributed by atoms with Crippen molar-refractivity contribution in [3.8, 4) is 11.4 Å². The van der Waals surface area contributed by atoms with Gasteiger partial charge < -0.3 is 9.67 Å². The Morgan fingerprint density at radius 2 is 1.73 bits per heavy atom. The molecule has 1 heterocycles. The Morgan fingerprint density at radius 1 is 1.04 bits per heavy atom. The van der Waals surface area contributed by atoms with E-state index in [1.54, 1.807) is 13.8 Å². The van der Waals surface area contributed by atoms with E-state index in [1.165, 1.54) is 17.3 Å². The quantitative estimate of drug-likeness (QED) is 0.545. The molecule has 0 aliphatic carbocycles. The molecule has 1 aromatic heterocycles. The van der Waals surface area contributed by atoms with Crippen molar-refractivity contribution in [2.45, 2.75) is 37.6 Å². The fourth-order valence-corrected chi connectivity index (χ4v) is 3.72. The van der Waals surface area contributed by atoms with Gasteiger partial charge in [-0.15, -0.1) is 10.2 Å². The highest BCUT2D eigenvalue weighted by Crippen LogP contribution is 2.27. The molecule has 0 spiro atoms. The van der Waals surface area contributed by atoms with Gasteiger partial charge in [0, 0.05) is 22.3 Å². The first-order valence-electron chi connectivity index (χ1n) is 8.51. The molecule has 0 bridgehead atoms. The van der Waals surface area contributed by atoms with Crippen LogP contribution in [0, 0.1) is 0 Å². The highest BCUT2D eigenvalue weighted by molar-refractivity contribution is 9.10. The maximum atomic E-state index is 10.0. The van der Waals surface area contributed by atoms with Gasteiger partial charge in [-0.25, -0.2) is 0 Å². The second-order valence-corrected chi connectivity index (χ2v) is 8.66. The van der Waals surface area contributed by atoms with Gasteiger partial charge in [0.1, 0.15) is 0 Å². The molecule has 2 aromatic carbocycles. The van der Waals surface area contributed by atoms with Crippen LogP contribution < -0.4 is 0 Å². The molecule has 0 saturated heterocycles. The van der Waals surface area contributed by atoms with Gasteiger partial charge in [0.05, 0.1) is 5.60 Å². The number of benzene rings is 2. The molecule has 6 heteroatoms. The summed E-state index contributed by atoms with van der Waals surface area (Å²) in [6.45, 7) is 4.40. The normalized spacial score (nSPS) is 11.7. The van der Waals surface area contributed by atoms with Crippen LogP contribution in [-0.2, 0) is 13.0 Å². The molecule has 0 saturated carbocycles. The zero-order chi connectivity index (χ0) is 18.6. The van der Waals surface area contributed by atoms with E-state index in [0.717, 1.165) is 34.0 Å². The minimum absolute atomic E-state index is 0.566. The zero-order valence-corrected chi connectivity index (χ0v) is 17.3. The number of nitrogens with zero attached hydrogens (tertiary/aromatic N) is 3. The van der Waals surface area contributed by atoms with Crippen LogP contribution in [0.25, 0.3) is 11.4 Å². The molecule has 136 valence electrons. The van der Waals surface area contributed by atoms with Crippen molar-refractivity contribution in [2.24, 2.45) is 0 Å². The van der Waals surface area contributed by atoms with Crippen LogP contribution in [0.15, 0.2) is 64.2 Å². The van der Waals surface area contributed by atoms with Crippen LogP contribution in [0.2, 0.25) is 0 Å². The number of hydrogen-bond donors (Lipinski definition) is 1. The number of aliphatic hydroxyl groups is 1. The van der Waals surface area contributed by atoms with Gasteiger partial charge in [0.15, 0.2) is 11.0 Å². The molecule has 1 N–H and O–H groups in total. The first-order chi connectivity index (χ1) is 12.4. The number of aryl methyl sites for hydroxylation is 1. The predicted molar refractivity (Wildman–Crippen MR) is 110 cm³/mol. The van der Waals surface area contributed by atoms with E-state index < -0.39 is 5.60 Å². The molecule has 0 amide bonds. The third-order valence-corrected chi connectivity index (χ3v) is 5.78. The van der Waals surface area contributed by atoms with Gasteiger partial charge in [-0.3, -0.25) is 0 Å². The van der Waals surface area contributed by atoms with E-state index in [2.05, 4.69) is 55.0 Å². The average Bonchev–Trinajstić information content (AvgIpc) is 3.02. The van der Waals surface area contributed by atoms with Crippen LogP contribution in [-0.4, -0.2) is 31.2 Å². The van der Waals surface area contributed by atoms with Crippen molar-refractivity contribution in [3.63, 3.8) is 0 Å². The lowest BCUT2D eigenvalue weighted by Gasteiger charge is -2.16. The van der Waals surface area contributed by atoms with E-state index in [1.807, 2.05) is 30.3 Å². The second-order valence-electron chi connectivity index (χ2n) is 6.80. The lowest BCUT2D eigenvalue weighted by atomic mass is 10.1. The van der Waals surface area contributed by atoms with E-state index in [4.69, 9.17) is 0 Å². The SMILES string of the molecule is CC(C)(O)CSc1nnc(-c2ccc(Br)cc2)n1CCc1ccccc1. The Bertz CT molecular complexity index is 842. The van der Waals surface area contributed by atoms with Gasteiger partial charge in [-0.05, 0) is 38.0 Å². The van der Waals surface area contributed by atoms with Crippen molar-refractivity contribution in [3.05, 3.63) is 64.6 Å². The van der Waals surface area contributed by atoms with E-state index in [9.17, 15) is 5.11 Å². The molecule has 0 fully saturated rings. The highest BCUT2D eigenvalue weighted by atomic mass is 79.9. The second kappa shape index (κ2) is 8.37. The first-order valence-corrected chi connectivity index (χ1v) is 10.3. The Labute approximate surface area is 166 Å². The molecule has 0 atom stereocenters. The number of hydrogen-bond acceptors (Lipinski definition) is 4. The van der Waals surface area contributed by atoms with Gasteiger partial charge in [0.2, 0.25) is 0 Å². The molecule has 3 rings (SSSR count). The summed E-state index contributed by atoms with van der Waals surface area (Å²) in [6, 6.07) is 18.5. The highest BCUT2D eigenvalue weighted by Gasteiger charge is 2.19. The van der Waals surface area contributed by atoms with Gasteiger partial charge in [-0.2, -0.15) is 0 Å². The molecular formula is C20H22BrN3OS. The average molecular weight is 432 g/mol. The topological polar surface area (TPSA) is 50.9 Å². The van der Waals surface area contributed by atoms with Crippen molar-refractivity contribution in [1.29, 1.82) is 0 Å². The molecule has 26 heavy (non-hydrogen) atoms. The summed E-state index contributed by atoms with van der Waals surface area (Å²) in [5.74, 6) is 1.42. The van der Waals surface area contributed by atoms with E-state index in [-0.39, 0.29) is 0 Å². The summed E-state index contributed by atoms with van der Waals surface area (Å²) in [7, 11) is 0. The van der Waals surface area contributed by atoms with Crippen LogP contribution in [0.3, 0.4) is 0 Å². The summed E-state index contributed by atoms with van der Waals surface area (Å²) >= 11 is 5.01. The zero-order valence-electron chi connectivity index (χ0n) is 14.9. The van der Waals surface area contributed by atoms with Crippen LogP contribution >= 0.6 is 27.7 Å². The van der Waals surface area contributed by atoms with Crippen LogP contribution in [0.1, 0.15) is 19.4 Å². The minimum atomic E-state index is -0.751. The number of halogens is 1. The lowest BCUT2D eigenvalue weighted by molar-refractivity contribution is 0.107. The minimum Gasteiger partial charge on any atom is -0.390 e. The summed E-state index contributed by atoms with van der Waals surface area (Å²) in [5, 5.41) is 19.7. The number of thioether (sulfide) groups is 1. The maximum Gasteiger partial charge on any atom is 0.191 e. The molecule has 0 radical (unpaired) electrons. The molecule has 0 aliphatic heterocycles. The van der Waals surface area contributed by atoms with Gasteiger partial charge in [-0.1, -0.05) is 70.2 Å². The smallest absolute Gasteiger partial charge is 0.191 e. The Kier molecular flexibility index (Phi) is 6.16. The third kappa shape index (κ3) is 5.19. The van der Waals surface area contributed by atoms with E-state index >= 15 is 0 Å². The fraction of sp³-hybridized carbons (Fsp3) is 0.300. The molecule has 0 aliphatic rings. The molecule has 0 unspecified atom stereocenters. The summed E-state index contributed by atoms with van der Waals surface area (Å²) in [5.41, 5.74) is 1.56. The largest absolute Gasteiger partial charge is 0.390 e. The number of aromatic nitrogens is 3. The number of rotatable bonds is 7.